The van der Waals surface area contributed by atoms with Crippen molar-refractivity contribution < 1.29 is 13.6 Å². The summed E-state index contributed by atoms with van der Waals surface area (Å²) >= 11 is 0. The van der Waals surface area contributed by atoms with Gasteiger partial charge in [-0.05, 0) is 43.2 Å². The summed E-state index contributed by atoms with van der Waals surface area (Å²) in [4.78, 5) is 22.7. The van der Waals surface area contributed by atoms with Gasteiger partial charge in [0.05, 0.1) is 42.5 Å². The van der Waals surface area contributed by atoms with Crippen molar-refractivity contribution in [3.05, 3.63) is 36.0 Å². The van der Waals surface area contributed by atoms with Crippen LogP contribution in [0.5, 0.6) is 0 Å². The highest BCUT2D eigenvalue weighted by Gasteiger charge is 2.49. The van der Waals surface area contributed by atoms with E-state index in [-0.39, 0.29) is 12.5 Å². The fourth-order valence-electron chi connectivity index (χ4n) is 4.19. The lowest BCUT2D eigenvalue weighted by atomic mass is 9.89. The van der Waals surface area contributed by atoms with Crippen LogP contribution in [0, 0.1) is 5.41 Å². The number of nitrogen functional groups attached to an aromatic ring is 1. The predicted molar refractivity (Wildman–Crippen MR) is 116 cm³/mol. The fraction of sp³-hybridized carbons (Fsp3) is 0.364. The van der Waals surface area contributed by atoms with E-state index in [1.807, 2.05) is 24.3 Å². The number of nitrogens with zero attached hydrogens (tertiary/aromatic N) is 5. The number of fused-ring (bicyclic) bond motifs is 3. The second-order valence-corrected chi connectivity index (χ2v) is 8.90. The molecule has 1 saturated heterocycles. The number of carbonyl (C=O) groups is 1. The molecule has 0 saturated carbocycles. The van der Waals surface area contributed by atoms with E-state index in [0.29, 0.717) is 23.3 Å². The average molecular weight is 424 g/mol. The molecule has 1 amide bonds. The Labute approximate surface area is 177 Å². The number of aliphatic imine (C=N–C) groups is 1. The lowest BCUT2D eigenvalue weighted by molar-refractivity contribution is -0.174. The quantitative estimate of drug-likeness (QED) is 0.697. The molecule has 4 heterocycles. The van der Waals surface area contributed by atoms with Gasteiger partial charge >= 0.3 is 0 Å². The first kappa shape index (κ1) is 19.6. The molecule has 1 fully saturated rings. The molecule has 2 N–H and O–H groups in total. The van der Waals surface area contributed by atoms with Gasteiger partial charge in [-0.25, -0.2) is 13.8 Å². The molecule has 0 aliphatic carbocycles. The molecule has 2 aliphatic heterocycles. The number of allylic oxidation sites excluding steroid dienone is 1. The first-order valence-corrected chi connectivity index (χ1v) is 10.1. The molecule has 0 bridgehead atoms. The van der Waals surface area contributed by atoms with Crippen LogP contribution in [0.1, 0.15) is 19.4 Å². The molecule has 0 spiro atoms. The molecule has 0 atom stereocenters. The second kappa shape index (κ2) is 6.57. The number of amides is 1. The third-order valence-electron chi connectivity index (χ3n) is 5.81. The number of likely N-dealkylation sites (tertiary alicyclic amines) is 1. The molecule has 0 radical (unpaired) electrons. The van der Waals surface area contributed by atoms with Gasteiger partial charge in [-0.3, -0.25) is 14.5 Å². The van der Waals surface area contributed by atoms with E-state index in [9.17, 15) is 13.6 Å². The van der Waals surface area contributed by atoms with Crippen molar-refractivity contribution in [2.75, 3.05) is 25.4 Å². The van der Waals surface area contributed by atoms with Gasteiger partial charge in [0.25, 0.3) is 5.92 Å². The molecule has 9 heteroatoms. The Kier molecular flexibility index (Phi) is 4.15. The van der Waals surface area contributed by atoms with E-state index < -0.39 is 24.4 Å². The standard InChI is InChI=1S/C22H22F2N6O/c1-21(2,20(31)29-11-22(23,24)12-29)10-30-9-16-18(28-30)15-4-3-13(14-5-6-26-8-14)7-17(15)27-19(16)25/h3-7,9H,8,10-12H2,1-2H3,(H2,25,27). The van der Waals surface area contributed by atoms with Crippen LogP contribution in [-0.4, -0.2) is 57.3 Å². The Balaban J connectivity index is 1.47. The number of pyridine rings is 1. The number of aromatic nitrogens is 3. The Bertz CT molecular complexity index is 1280. The summed E-state index contributed by atoms with van der Waals surface area (Å²) in [7, 11) is 0. The van der Waals surface area contributed by atoms with Crippen LogP contribution in [0.4, 0.5) is 14.6 Å². The van der Waals surface area contributed by atoms with Crippen molar-refractivity contribution in [3.63, 3.8) is 0 Å². The highest BCUT2D eigenvalue weighted by Crippen LogP contribution is 2.33. The van der Waals surface area contributed by atoms with Crippen molar-refractivity contribution in [2.45, 2.75) is 26.3 Å². The molecule has 5 rings (SSSR count). The van der Waals surface area contributed by atoms with E-state index in [2.05, 4.69) is 15.1 Å². The number of anilines is 1. The zero-order chi connectivity index (χ0) is 22.0. The molecule has 31 heavy (non-hydrogen) atoms. The maximum atomic E-state index is 13.2. The number of nitrogens with two attached hydrogens (primary N) is 1. The summed E-state index contributed by atoms with van der Waals surface area (Å²) in [6.45, 7) is 3.31. The Morgan fingerprint density at radius 3 is 2.71 bits per heavy atom. The fourth-order valence-corrected chi connectivity index (χ4v) is 4.19. The summed E-state index contributed by atoms with van der Waals surface area (Å²) < 4.78 is 28.0. The number of hydrogen-bond acceptors (Lipinski definition) is 5. The van der Waals surface area contributed by atoms with Crippen molar-refractivity contribution in [1.29, 1.82) is 0 Å². The van der Waals surface area contributed by atoms with Crippen LogP contribution >= 0.6 is 0 Å². The van der Waals surface area contributed by atoms with Crippen molar-refractivity contribution in [2.24, 2.45) is 10.4 Å². The highest BCUT2D eigenvalue weighted by molar-refractivity contribution is 6.08. The molecule has 1 aromatic carbocycles. The van der Waals surface area contributed by atoms with Crippen LogP contribution in [-0.2, 0) is 11.3 Å². The number of halogens is 2. The van der Waals surface area contributed by atoms with Crippen LogP contribution in [0.15, 0.2) is 35.5 Å². The minimum absolute atomic E-state index is 0.242. The van der Waals surface area contributed by atoms with Gasteiger partial charge in [0.2, 0.25) is 5.91 Å². The summed E-state index contributed by atoms with van der Waals surface area (Å²) in [6, 6.07) is 5.95. The molecule has 3 aromatic rings. The lowest BCUT2D eigenvalue weighted by Crippen LogP contribution is -2.61. The third kappa shape index (κ3) is 3.34. The molecule has 7 nitrogen and oxygen atoms in total. The molecule has 160 valence electrons. The normalized spacial score (nSPS) is 17.9. The Morgan fingerprint density at radius 2 is 2.03 bits per heavy atom. The van der Waals surface area contributed by atoms with E-state index in [4.69, 9.17) is 5.73 Å². The van der Waals surface area contributed by atoms with Gasteiger partial charge in [0.15, 0.2) is 0 Å². The zero-order valence-electron chi connectivity index (χ0n) is 17.3. The van der Waals surface area contributed by atoms with Crippen LogP contribution in [0.3, 0.4) is 0 Å². The van der Waals surface area contributed by atoms with Gasteiger partial charge in [-0.1, -0.05) is 6.07 Å². The SMILES string of the molecule is CC(C)(Cn1cc2c(N)nc3cc(C4=CC=NC4)ccc3c2n1)C(=O)N1CC(F)(F)C1. The summed E-state index contributed by atoms with van der Waals surface area (Å²) in [5.41, 5.74) is 8.90. The first-order chi connectivity index (χ1) is 14.6. The molecule has 2 aromatic heterocycles. The Morgan fingerprint density at radius 1 is 1.26 bits per heavy atom. The molecule has 2 aliphatic rings. The van der Waals surface area contributed by atoms with Gasteiger partial charge in [0, 0.05) is 17.8 Å². The number of carbonyl (C=O) groups excluding carboxylic acids is 1. The molecular formula is C22H22F2N6O. The van der Waals surface area contributed by atoms with Crippen molar-refractivity contribution in [1.82, 2.24) is 19.7 Å². The topological polar surface area (TPSA) is 89.4 Å². The van der Waals surface area contributed by atoms with Crippen LogP contribution < -0.4 is 5.73 Å². The number of benzene rings is 1. The maximum absolute atomic E-state index is 13.2. The van der Waals surface area contributed by atoms with E-state index in [0.717, 1.165) is 22.0 Å². The van der Waals surface area contributed by atoms with Gasteiger partial charge in [0.1, 0.15) is 11.3 Å². The maximum Gasteiger partial charge on any atom is 0.282 e. The Hall–Kier alpha value is -3.36. The summed E-state index contributed by atoms with van der Waals surface area (Å²) in [6.07, 6.45) is 5.53. The van der Waals surface area contributed by atoms with Crippen molar-refractivity contribution in [3.8, 4) is 0 Å². The van der Waals surface area contributed by atoms with E-state index in [1.54, 1.807) is 30.9 Å². The van der Waals surface area contributed by atoms with Gasteiger partial charge < -0.3 is 10.6 Å². The minimum Gasteiger partial charge on any atom is -0.383 e. The molecular weight excluding hydrogens is 402 g/mol. The number of hydrogen-bond donors (Lipinski definition) is 1. The highest BCUT2D eigenvalue weighted by atomic mass is 19.3. The summed E-state index contributed by atoms with van der Waals surface area (Å²) in [5.74, 6) is -2.75. The predicted octanol–water partition coefficient (Wildman–Crippen LogP) is 3.14. The molecule has 0 unspecified atom stereocenters. The van der Waals surface area contributed by atoms with Crippen LogP contribution in [0.2, 0.25) is 0 Å². The summed E-state index contributed by atoms with van der Waals surface area (Å²) in [5, 5.41) is 6.22. The van der Waals surface area contributed by atoms with E-state index >= 15 is 0 Å². The first-order valence-electron chi connectivity index (χ1n) is 10.1. The zero-order valence-corrected chi connectivity index (χ0v) is 17.3. The monoisotopic (exact) mass is 424 g/mol. The van der Waals surface area contributed by atoms with Gasteiger partial charge in [-0.2, -0.15) is 5.10 Å². The number of rotatable bonds is 4. The number of alkyl halides is 2. The smallest absolute Gasteiger partial charge is 0.282 e. The van der Waals surface area contributed by atoms with Gasteiger partial charge in [-0.15, -0.1) is 0 Å². The van der Waals surface area contributed by atoms with E-state index in [1.165, 1.54) is 4.90 Å². The van der Waals surface area contributed by atoms with Crippen molar-refractivity contribution >= 4 is 45.3 Å². The average Bonchev–Trinajstić information content (AvgIpc) is 3.35. The third-order valence-corrected chi connectivity index (χ3v) is 5.81. The van der Waals surface area contributed by atoms with Crippen LogP contribution in [0.25, 0.3) is 27.4 Å². The largest absolute Gasteiger partial charge is 0.383 e. The minimum atomic E-state index is -2.79. The lowest BCUT2D eigenvalue weighted by Gasteiger charge is -2.42. The second-order valence-electron chi connectivity index (χ2n) is 8.90.